The zero-order chi connectivity index (χ0) is 26.8. The van der Waals surface area contributed by atoms with Gasteiger partial charge in [0.15, 0.2) is 0 Å². The number of carbonyl (C=O) groups excluding carboxylic acids is 3. The Bertz CT molecular complexity index is 1610. The normalized spacial score (nSPS) is 12.5. The molecule has 0 saturated heterocycles. The summed E-state index contributed by atoms with van der Waals surface area (Å²) in [5.74, 6) is -1.76. The second-order valence-corrected chi connectivity index (χ2v) is 9.31. The van der Waals surface area contributed by atoms with Gasteiger partial charge >= 0.3 is 10.6 Å². The lowest BCUT2D eigenvalue weighted by molar-refractivity contribution is 0.0924. The summed E-state index contributed by atoms with van der Waals surface area (Å²) in [6.45, 7) is 1.88. The Balaban J connectivity index is 0.000000840. The molecule has 0 bridgehead atoms. The highest BCUT2D eigenvalue weighted by molar-refractivity contribution is 7.86. The number of aryl methyl sites for hydroxylation is 1. The molecule has 3 aromatic carbocycles. The third-order valence-electron chi connectivity index (χ3n) is 5.24. The first kappa shape index (κ1) is 26.4. The van der Waals surface area contributed by atoms with Gasteiger partial charge in [-0.15, -0.1) is 12.6 Å². The van der Waals surface area contributed by atoms with Gasteiger partial charge < -0.3 is 5.32 Å². The number of nitrogens with one attached hydrogen (secondary N) is 1. The van der Waals surface area contributed by atoms with Gasteiger partial charge in [0.1, 0.15) is 4.90 Å². The van der Waals surface area contributed by atoms with Gasteiger partial charge in [-0.05, 0) is 42.8 Å². The molecule has 2 N–H and O–H groups in total. The number of anilines is 1. The quantitative estimate of drug-likeness (QED) is 0.378. The van der Waals surface area contributed by atoms with Crippen LogP contribution in [0.3, 0.4) is 0 Å². The minimum atomic E-state index is -4.67. The molecule has 11 nitrogen and oxygen atoms in total. The smallest absolute Gasteiger partial charge is 0.355 e. The molecule has 0 radical (unpaired) electrons. The summed E-state index contributed by atoms with van der Waals surface area (Å²) >= 11 is 0. The molecule has 3 amide bonds. The maximum atomic E-state index is 13.0. The van der Waals surface area contributed by atoms with Crippen LogP contribution in [0.25, 0.3) is 11.1 Å². The highest BCUT2D eigenvalue weighted by Gasteiger charge is 2.38. The summed E-state index contributed by atoms with van der Waals surface area (Å²) in [7, 11) is -6.34. The minimum Gasteiger partial charge on any atom is -0.355 e. The molecule has 0 atom stereocenters. The van der Waals surface area contributed by atoms with Gasteiger partial charge in [0.05, 0.1) is 16.8 Å². The Kier molecular flexibility index (Phi) is 7.48. The molecule has 0 aliphatic carbocycles. The predicted octanol–water partition coefficient (Wildman–Crippen LogP) is 2.06. The van der Waals surface area contributed by atoms with Gasteiger partial charge in [0.2, 0.25) is 0 Å². The standard InChI is InChI=1S/C23H18N2O6S.O3S/c1-13-3-5-14(6-4-13)17-10-8-16(12-20(17)32(29,30)31)25-22(27)18-9-7-15(21(26)24-2)11-19(18)23(25)28;1-4(2)3/h3-12H,1-2H3,(H,24,26)(H,29,30,31);. The molecule has 0 aromatic heterocycles. The third kappa shape index (κ3) is 5.38. The van der Waals surface area contributed by atoms with Crippen molar-refractivity contribution in [1.29, 1.82) is 0 Å². The maximum Gasteiger partial charge on any atom is 0.425 e. The van der Waals surface area contributed by atoms with E-state index in [9.17, 15) is 27.4 Å². The van der Waals surface area contributed by atoms with Crippen LogP contribution in [0.5, 0.6) is 0 Å². The second kappa shape index (κ2) is 10.2. The Hall–Kier alpha value is -4.20. The van der Waals surface area contributed by atoms with E-state index in [0.29, 0.717) is 5.56 Å². The van der Waals surface area contributed by atoms with Crippen molar-refractivity contribution in [2.24, 2.45) is 0 Å². The van der Waals surface area contributed by atoms with Crippen LogP contribution < -0.4 is 10.2 Å². The van der Waals surface area contributed by atoms with Crippen molar-refractivity contribution in [1.82, 2.24) is 5.32 Å². The molecule has 0 unspecified atom stereocenters. The molecule has 0 saturated carbocycles. The van der Waals surface area contributed by atoms with E-state index in [1.54, 1.807) is 24.3 Å². The zero-order valence-corrected chi connectivity index (χ0v) is 20.4. The van der Waals surface area contributed by atoms with Crippen LogP contribution in [0.1, 0.15) is 36.6 Å². The van der Waals surface area contributed by atoms with E-state index in [4.69, 9.17) is 12.6 Å². The lowest BCUT2D eigenvalue weighted by atomic mass is 10.0. The summed E-state index contributed by atoms with van der Waals surface area (Å²) in [6.07, 6.45) is 0. The van der Waals surface area contributed by atoms with Crippen molar-refractivity contribution in [2.75, 3.05) is 11.9 Å². The van der Waals surface area contributed by atoms with Gasteiger partial charge in [-0.1, -0.05) is 35.9 Å². The van der Waals surface area contributed by atoms with Gasteiger partial charge in [-0.3, -0.25) is 18.9 Å². The Morgan fingerprint density at radius 1 is 0.861 bits per heavy atom. The van der Waals surface area contributed by atoms with Crippen LogP contribution in [0, 0.1) is 6.92 Å². The average molecular weight is 531 g/mol. The number of fused-ring (bicyclic) bond motifs is 1. The number of hydrogen-bond acceptors (Lipinski definition) is 8. The summed E-state index contributed by atoms with van der Waals surface area (Å²) in [5.41, 5.74) is 2.08. The number of imide groups is 1. The molecular weight excluding hydrogens is 512 g/mol. The first-order chi connectivity index (χ1) is 16.8. The third-order valence-corrected chi connectivity index (χ3v) is 6.13. The van der Waals surface area contributed by atoms with Gasteiger partial charge in [-0.2, -0.15) is 8.42 Å². The van der Waals surface area contributed by atoms with Crippen molar-refractivity contribution in [3.63, 3.8) is 0 Å². The van der Waals surface area contributed by atoms with Crippen LogP contribution in [-0.2, 0) is 20.7 Å². The second-order valence-electron chi connectivity index (χ2n) is 7.51. The summed E-state index contributed by atoms with van der Waals surface area (Å²) in [5, 5.41) is 2.45. The summed E-state index contributed by atoms with van der Waals surface area (Å²) < 4.78 is 59.4. The molecule has 0 fully saturated rings. The van der Waals surface area contributed by atoms with Gasteiger partial charge in [0.25, 0.3) is 27.8 Å². The van der Waals surface area contributed by atoms with Crippen LogP contribution in [-0.4, -0.2) is 50.4 Å². The van der Waals surface area contributed by atoms with Crippen molar-refractivity contribution in [3.05, 3.63) is 82.9 Å². The average Bonchev–Trinajstić information content (AvgIpc) is 3.07. The molecule has 36 heavy (non-hydrogen) atoms. The summed E-state index contributed by atoms with van der Waals surface area (Å²) in [4.78, 5) is 38.2. The summed E-state index contributed by atoms with van der Waals surface area (Å²) in [6, 6.07) is 15.1. The molecule has 1 aliphatic rings. The van der Waals surface area contributed by atoms with Crippen molar-refractivity contribution < 1.29 is 40.0 Å². The number of nitrogens with zero attached hydrogens (tertiary/aromatic N) is 1. The van der Waals surface area contributed by atoms with E-state index in [1.807, 2.05) is 6.92 Å². The first-order valence-electron chi connectivity index (χ1n) is 10.1. The maximum absolute atomic E-state index is 13.0. The van der Waals surface area contributed by atoms with Crippen LogP contribution in [0.15, 0.2) is 65.6 Å². The van der Waals surface area contributed by atoms with E-state index in [2.05, 4.69) is 5.32 Å². The number of hydrogen-bond donors (Lipinski definition) is 2. The highest BCUT2D eigenvalue weighted by atomic mass is 32.2. The van der Waals surface area contributed by atoms with E-state index >= 15 is 0 Å². The van der Waals surface area contributed by atoms with Crippen LogP contribution in [0.2, 0.25) is 0 Å². The van der Waals surface area contributed by atoms with E-state index in [1.165, 1.54) is 37.4 Å². The van der Waals surface area contributed by atoms with Gasteiger partial charge in [-0.25, -0.2) is 4.90 Å². The monoisotopic (exact) mass is 530 g/mol. The lowest BCUT2D eigenvalue weighted by Crippen LogP contribution is -2.29. The molecule has 3 aromatic rings. The molecule has 4 rings (SSSR count). The molecular formula is C23H18N2O9S2. The van der Waals surface area contributed by atoms with Crippen LogP contribution >= 0.6 is 0 Å². The molecule has 1 heterocycles. The Labute approximate surface area is 207 Å². The molecule has 0 spiro atoms. The molecule has 1 aliphatic heterocycles. The molecule has 186 valence electrons. The largest absolute Gasteiger partial charge is 0.425 e. The Morgan fingerprint density at radius 3 is 1.97 bits per heavy atom. The fourth-order valence-electron chi connectivity index (χ4n) is 3.60. The SMILES string of the molecule is CNC(=O)c1ccc2c(c1)C(=O)N(c1ccc(-c3ccc(C)cc3)c(S(=O)(=O)O)c1)C2=O.O=S(=O)=O. The van der Waals surface area contributed by atoms with Crippen molar-refractivity contribution in [3.8, 4) is 11.1 Å². The van der Waals surface area contributed by atoms with E-state index < -0.39 is 43.3 Å². The highest BCUT2D eigenvalue weighted by Crippen LogP contribution is 2.35. The minimum absolute atomic E-state index is 0.0128. The number of carbonyl (C=O) groups is 3. The number of rotatable bonds is 4. The number of amides is 3. The fraction of sp³-hybridized carbons (Fsp3) is 0.0870. The number of benzene rings is 3. The first-order valence-corrected chi connectivity index (χ1v) is 12.5. The van der Waals surface area contributed by atoms with Gasteiger partial charge in [0, 0.05) is 18.2 Å². The molecule has 13 heteroatoms. The van der Waals surface area contributed by atoms with E-state index in [0.717, 1.165) is 16.5 Å². The van der Waals surface area contributed by atoms with Crippen molar-refractivity contribution >= 4 is 44.1 Å². The zero-order valence-electron chi connectivity index (χ0n) is 18.8. The fourth-order valence-corrected chi connectivity index (χ4v) is 4.33. The van der Waals surface area contributed by atoms with Crippen LogP contribution in [0.4, 0.5) is 5.69 Å². The Morgan fingerprint density at radius 2 is 1.42 bits per heavy atom. The van der Waals surface area contributed by atoms with E-state index in [-0.39, 0.29) is 27.9 Å². The van der Waals surface area contributed by atoms with Crippen molar-refractivity contribution in [2.45, 2.75) is 11.8 Å². The topological polar surface area (TPSA) is 172 Å². The predicted molar refractivity (Wildman–Crippen MR) is 127 cm³/mol. The lowest BCUT2D eigenvalue weighted by Gasteiger charge is -2.16.